The predicted octanol–water partition coefficient (Wildman–Crippen LogP) is 4.98. The Labute approximate surface area is 194 Å². The first kappa shape index (κ1) is 22.2. The summed E-state index contributed by atoms with van der Waals surface area (Å²) in [5, 5.41) is 1.30. The molecule has 32 heavy (non-hydrogen) atoms. The van der Waals surface area contributed by atoms with E-state index in [1.807, 2.05) is 37.6 Å². The van der Waals surface area contributed by atoms with Crippen LogP contribution in [0, 0.1) is 13.8 Å². The van der Waals surface area contributed by atoms with Crippen LogP contribution in [-0.4, -0.2) is 32.8 Å². The first-order valence-electron chi connectivity index (χ1n) is 9.96. The number of para-hydroxylation sites is 1. The summed E-state index contributed by atoms with van der Waals surface area (Å²) in [5.41, 5.74) is 3.53. The molecule has 2 aromatic heterocycles. The minimum Gasteiger partial charge on any atom is -0.495 e. The Balaban J connectivity index is 1.78. The summed E-state index contributed by atoms with van der Waals surface area (Å²) in [6.07, 6.45) is 0. The van der Waals surface area contributed by atoms with Crippen molar-refractivity contribution in [1.29, 1.82) is 0 Å². The molecular weight excluding hydrogens is 446 g/mol. The number of rotatable bonds is 6. The first-order chi connectivity index (χ1) is 15.3. The van der Waals surface area contributed by atoms with E-state index in [2.05, 4.69) is 4.98 Å². The Bertz CT molecular complexity index is 1410. The number of thioether (sulfide) groups is 1. The molecule has 8 heteroatoms. The molecule has 4 rings (SSSR count). The van der Waals surface area contributed by atoms with E-state index in [1.165, 1.54) is 23.4 Å². The van der Waals surface area contributed by atoms with Gasteiger partial charge in [-0.2, -0.15) is 0 Å². The van der Waals surface area contributed by atoms with Crippen LogP contribution < -0.4 is 10.3 Å². The number of ketones is 1. The summed E-state index contributed by atoms with van der Waals surface area (Å²) in [4.78, 5) is 31.0. The maximum atomic E-state index is 13.4. The van der Waals surface area contributed by atoms with Gasteiger partial charge in [0.2, 0.25) is 0 Å². The van der Waals surface area contributed by atoms with E-state index in [1.54, 1.807) is 36.4 Å². The number of aromatic nitrogens is 3. The minimum atomic E-state index is -0.224. The average molecular weight is 468 g/mol. The van der Waals surface area contributed by atoms with E-state index in [0.29, 0.717) is 38.1 Å². The van der Waals surface area contributed by atoms with E-state index < -0.39 is 0 Å². The molecule has 0 bridgehead atoms. The highest BCUT2D eigenvalue weighted by Gasteiger charge is 2.18. The Kier molecular flexibility index (Phi) is 6.13. The van der Waals surface area contributed by atoms with Crippen LogP contribution in [0.1, 0.15) is 21.7 Å². The third-order valence-electron chi connectivity index (χ3n) is 5.55. The van der Waals surface area contributed by atoms with Crippen LogP contribution in [0.4, 0.5) is 0 Å². The number of Topliss-reactive ketones (excluding diaryl/α,β-unsaturated/α-hetero) is 1. The van der Waals surface area contributed by atoms with Crippen LogP contribution in [0.5, 0.6) is 5.75 Å². The van der Waals surface area contributed by atoms with Gasteiger partial charge < -0.3 is 9.30 Å². The Morgan fingerprint density at radius 1 is 1.16 bits per heavy atom. The van der Waals surface area contributed by atoms with Crippen molar-refractivity contribution in [3.05, 3.63) is 80.9 Å². The van der Waals surface area contributed by atoms with Gasteiger partial charge >= 0.3 is 0 Å². The van der Waals surface area contributed by atoms with Crippen molar-refractivity contribution in [3.8, 4) is 11.4 Å². The Hall–Kier alpha value is -3.03. The fraction of sp³-hybridized carbons (Fsp3) is 0.208. The first-order valence-corrected chi connectivity index (χ1v) is 11.3. The fourth-order valence-electron chi connectivity index (χ4n) is 3.58. The second-order valence-corrected chi connectivity index (χ2v) is 8.78. The monoisotopic (exact) mass is 467 g/mol. The summed E-state index contributed by atoms with van der Waals surface area (Å²) < 4.78 is 8.71. The van der Waals surface area contributed by atoms with Crippen molar-refractivity contribution in [3.63, 3.8) is 0 Å². The lowest BCUT2D eigenvalue weighted by Crippen LogP contribution is -2.22. The minimum absolute atomic E-state index is 0.0158. The van der Waals surface area contributed by atoms with Crippen LogP contribution in [0.25, 0.3) is 16.6 Å². The van der Waals surface area contributed by atoms with Crippen molar-refractivity contribution in [2.75, 3.05) is 12.9 Å². The molecule has 0 saturated carbocycles. The third-order valence-corrected chi connectivity index (χ3v) is 6.78. The summed E-state index contributed by atoms with van der Waals surface area (Å²) in [6.45, 7) is 3.89. The van der Waals surface area contributed by atoms with Crippen molar-refractivity contribution >= 4 is 40.0 Å². The zero-order valence-corrected chi connectivity index (χ0v) is 19.8. The summed E-state index contributed by atoms with van der Waals surface area (Å²) >= 11 is 7.55. The number of hydrogen-bond donors (Lipinski definition) is 0. The third kappa shape index (κ3) is 3.94. The second kappa shape index (κ2) is 8.84. The van der Waals surface area contributed by atoms with Gasteiger partial charge in [-0.3, -0.25) is 14.2 Å². The van der Waals surface area contributed by atoms with Crippen molar-refractivity contribution < 1.29 is 9.53 Å². The molecular formula is C24H22ClN3O3S. The summed E-state index contributed by atoms with van der Waals surface area (Å²) in [7, 11) is 3.47. The zero-order chi connectivity index (χ0) is 23.0. The molecule has 6 nitrogen and oxygen atoms in total. The molecule has 0 spiro atoms. The highest BCUT2D eigenvalue weighted by atomic mass is 35.5. The number of fused-ring (bicyclic) bond motifs is 1. The molecule has 0 saturated heterocycles. The van der Waals surface area contributed by atoms with Crippen LogP contribution >= 0.6 is 23.4 Å². The smallest absolute Gasteiger partial charge is 0.266 e. The van der Waals surface area contributed by atoms with Gasteiger partial charge in [0.15, 0.2) is 10.9 Å². The molecule has 0 aliphatic carbocycles. The van der Waals surface area contributed by atoms with Crippen molar-refractivity contribution in [2.45, 2.75) is 19.0 Å². The molecule has 0 aliphatic rings. The quantitative estimate of drug-likeness (QED) is 0.227. The van der Waals surface area contributed by atoms with Crippen molar-refractivity contribution in [1.82, 2.24) is 14.1 Å². The number of aryl methyl sites for hydroxylation is 1. The summed E-state index contributed by atoms with van der Waals surface area (Å²) in [6, 6.07) is 14.2. The van der Waals surface area contributed by atoms with Crippen LogP contribution in [0.15, 0.2) is 58.5 Å². The standard InChI is InChI=1S/C24H22ClN3O3S/c1-14-11-18(15(2)27(14)3)21(29)13-32-24-26-20-8-6-5-7-17(20)23(30)28(24)16-9-10-22(31-4)19(25)12-16/h5-12H,13H2,1-4H3. The van der Waals surface area contributed by atoms with Gasteiger partial charge in [0.05, 0.1) is 34.5 Å². The van der Waals surface area contributed by atoms with Crippen LogP contribution in [0.2, 0.25) is 5.02 Å². The molecule has 4 aromatic rings. The lowest BCUT2D eigenvalue weighted by atomic mass is 10.2. The maximum Gasteiger partial charge on any atom is 0.266 e. The highest BCUT2D eigenvalue weighted by Crippen LogP contribution is 2.29. The van der Waals surface area contributed by atoms with Crippen LogP contribution in [-0.2, 0) is 7.05 Å². The van der Waals surface area contributed by atoms with E-state index in [-0.39, 0.29) is 17.1 Å². The molecule has 0 N–H and O–H groups in total. The maximum absolute atomic E-state index is 13.4. The number of carbonyl (C=O) groups excluding carboxylic acids is 1. The molecule has 0 unspecified atom stereocenters. The second-order valence-electron chi connectivity index (χ2n) is 7.43. The number of ether oxygens (including phenoxy) is 1. The fourth-order valence-corrected chi connectivity index (χ4v) is 4.72. The molecule has 0 radical (unpaired) electrons. The number of carbonyl (C=O) groups is 1. The Morgan fingerprint density at radius 2 is 1.91 bits per heavy atom. The van der Waals surface area contributed by atoms with E-state index in [0.717, 1.165) is 11.4 Å². The molecule has 0 aliphatic heterocycles. The van der Waals surface area contributed by atoms with E-state index in [9.17, 15) is 9.59 Å². The number of halogens is 1. The van der Waals surface area contributed by atoms with Gasteiger partial charge in [-0.15, -0.1) is 0 Å². The lowest BCUT2D eigenvalue weighted by molar-refractivity contribution is 0.102. The highest BCUT2D eigenvalue weighted by molar-refractivity contribution is 7.99. The van der Waals surface area contributed by atoms with Gasteiger partial charge in [0.25, 0.3) is 5.56 Å². The van der Waals surface area contributed by atoms with E-state index >= 15 is 0 Å². The van der Waals surface area contributed by atoms with Crippen LogP contribution in [0.3, 0.4) is 0 Å². The molecule has 164 valence electrons. The number of hydrogen-bond acceptors (Lipinski definition) is 5. The van der Waals surface area contributed by atoms with Crippen molar-refractivity contribution in [2.24, 2.45) is 7.05 Å². The molecule has 0 fully saturated rings. The largest absolute Gasteiger partial charge is 0.495 e. The average Bonchev–Trinajstić information content (AvgIpc) is 3.05. The Morgan fingerprint density at radius 3 is 2.56 bits per heavy atom. The molecule has 0 amide bonds. The number of benzene rings is 2. The van der Waals surface area contributed by atoms with Gasteiger partial charge in [0.1, 0.15) is 5.75 Å². The van der Waals surface area contributed by atoms with Gasteiger partial charge in [-0.1, -0.05) is 35.5 Å². The number of nitrogens with zero attached hydrogens (tertiary/aromatic N) is 3. The molecule has 2 heterocycles. The summed E-state index contributed by atoms with van der Waals surface area (Å²) in [5.74, 6) is 0.647. The lowest BCUT2D eigenvalue weighted by Gasteiger charge is -2.14. The van der Waals surface area contributed by atoms with Gasteiger partial charge in [-0.05, 0) is 50.2 Å². The van der Waals surface area contributed by atoms with Gasteiger partial charge in [-0.25, -0.2) is 4.98 Å². The topological polar surface area (TPSA) is 66.1 Å². The zero-order valence-electron chi connectivity index (χ0n) is 18.2. The van der Waals surface area contributed by atoms with Gasteiger partial charge in [0, 0.05) is 24.0 Å². The normalized spacial score (nSPS) is 11.2. The predicted molar refractivity (Wildman–Crippen MR) is 129 cm³/mol. The molecule has 2 aromatic carbocycles. The van der Waals surface area contributed by atoms with E-state index in [4.69, 9.17) is 16.3 Å². The molecule has 0 atom stereocenters. The number of methoxy groups -OCH3 is 1. The SMILES string of the molecule is COc1ccc(-n2c(SCC(=O)c3cc(C)n(C)c3C)nc3ccccc3c2=O)cc1Cl.